The van der Waals surface area contributed by atoms with Gasteiger partial charge in [0.2, 0.25) is 0 Å². The third-order valence-corrected chi connectivity index (χ3v) is 6.01. The zero-order valence-corrected chi connectivity index (χ0v) is 15.8. The summed E-state index contributed by atoms with van der Waals surface area (Å²) in [5, 5.41) is 17.5. The Morgan fingerprint density at radius 1 is 1.16 bits per heavy atom. The molecular formula is C19H36N4O2. The summed E-state index contributed by atoms with van der Waals surface area (Å²) in [5.41, 5.74) is -0.702. The molecule has 1 aliphatic carbocycles. The lowest BCUT2D eigenvalue weighted by atomic mass is 9.95. The fourth-order valence-corrected chi connectivity index (χ4v) is 4.33. The van der Waals surface area contributed by atoms with Gasteiger partial charge in [-0.25, -0.2) is 0 Å². The lowest BCUT2D eigenvalue weighted by molar-refractivity contribution is -0.0566. The fourth-order valence-electron chi connectivity index (χ4n) is 4.33. The number of rotatable bonds is 5. The van der Waals surface area contributed by atoms with Crippen molar-refractivity contribution in [2.75, 3.05) is 39.4 Å². The molecule has 0 aromatic carbocycles. The molecule has 0 aromatic heterocycles. The molecule has 0 unspecified atom stereocenters. The van der Waals surface area contributed by atoms with Crippen LogP contribution in [0.3, 0.4) is 0 Å². The molecule has 144 valence electrons. The standard InChI is InChI=1S/C19H36N4O2/c1-2-20-18(21-15-19(24)9-13-25-14-10-19)22-16-7-11-23(12-8-16)17-5-3-4-6-17/h16-17,24H,2-15H2,1H3,(H2,20,21,22). The second-order valence-corrected chi connectivity index (χ2v) is 7.92. The van der Waals surface area contributed by atoms with Crippen LogP contribution in [-0.4, -0.2) is 73.0 Å². The van der Waals surface area contributed by atoms with Crippen molar-refractivity contribution in [1.82, 2.24) is 15.5 Å². The zero-order valence-electron chi connectivity index (χ0n) is 15.8. The second kappa shape index (κ2) is 9.19. The van der Waals surface area contributed by atoms with E-state index < -0.39 is 5.60 Å². The van der Waals surface area contributed by atoms with Crippen molar-refractivity contribution in [2.24, 2.45) is 4.99 Å². The molecule has 3 fully saturated rings. The summed E-state index contributed by atoms with van der Waals surface area (Å²) in [6, 6.07) is 1.32. The first-order chi connectivity index (χ1) is 12.2. The number of hydrogen-bond donors (Lipinski definition) is 3. The number of piperidine rings is 1. The van der Waals surface area contributed by atoms with Gasteiger partial charge in [0.1, 0.15) is 0 Å². The molecule has 1 saturated carbocycles. The van der Waals surface area contributed by atoms with Gasteiger partial charge >= 0.3 is 0 Å². The van der Waals surface area contributed by atoms with E-state index >= 15 is 0 Å². The molecular weight excluding hydrogens is 316 g/mol. The van der Waals surface area contributed by atoms with Gasteiger partial charge in [-0.1, -0.05) is 12.8 Å². The predicted molar refractivity (Wildman–Crippen MR) is 101 cm³/mol. The van der Waals surface area contributed by atoms with E-state index in [1.165, 1.54) is 51.6 Å². The lowest BCUT2D eigenvalue weighted by Gasteiger charge is -2.37. The summed E-state index contributed by atoms with van der Waals surface area (Å²) in [6.07, 6.45) is 9.32. The van der Waals surface area contributed by atoms with Crippen molar-refractivity contribution in [3.05, 3.63) is 0 Å². The topological polar surface area (TPSA) is 69.1 Å². The van der Waals surface area contributed by atoms with Crippen LogP contribution in [0, 0.1) is 0 Å². The normalized spacial score (nSPS) is 26.7. The Bertz CT molecular complexity index is 423. The van der Waals surface area contributed by atoms with Crippen molar-refractivity contribution >= 4 is 5.96 Å². The molecule has 2 heterocycles. The minimum Gasteiger partial charge on any atom is -0.388 e. The van der Waals surface area contributed by atoms with Crippen molar-refractivity contribution in [3.8, 4) is 0 Å². The first-order valence-electron chi connectivity index (χ1n) is 10.3. The summed E-state index contributed by atoms with van der Waals surface area (Å²) in [6.45, 7) is 7.04. The molecule has 25 heavy (non-hydrogen) atoms. The Kier molecular flexibility index (Phi) is 6.96. The van der Waals surface area contributed by atoms with Gasteiger partial charge in [0.15, 0.2) is 5.96 Å². The van der Waals surface area contributed by atoms with Crippen LogP contribution < -0.4 is 10.6 Å². The highest BCUT2D eigenvalue weighted by Gasteiger charge is 2.30. The van der Waals surface area contributed by atoms with Gasteiger partial charge < -0.3 is 25.4 Å². The molecule has 3 N–H and O–H groups in total. The summed E-state index contributed by atoms with van der Waals surface area (Å²) < 4.78 is 5.35. The molecule has 3 aliphatic rings. The Morgan fingerprint density at radius 3 is 2.48 bits per heavy atom. The maximum absolute atomic E-state index is 10.6. The van der Waals surface area contributed by atoms with Gasteiger partial charge in [-0.15, -0.1) is 0 Å². The number of nitrogens with one attached hydrogen (secondary N) is 2. The SMILES string of the molecule is CCNC(=NCC1(O)CCOCC1)NC1CCN(C2CCCC2)CC1. The molecule has 0 atom stereocenters. The molecule has 0 spiro atoms. The Morgan fingerprint density at radius 2 is 1.84 bits per heavy atom. The number of aliphatic hydroxyl groups is 1. The zero-order chi connectivity index (χ0) is 17.5. The molecule has 6 heteroatoms. The molecule has 6 nitrogen and oxygen atoms in total. The third kappa shape index (κ3) is 5.56. The van der Waals surface area contributed by atoms with Crippen molar-refractivity contribution in [1.29, 1.82) is 0 Å². The number of likely N-dealkylation sites (tertiary alicyclic amines) is 1. The average molecular weight is 353 g/mol. The Labute approximate surface area is 152 Å². The summed E-state index contributed by atoms with van der Waals surface area (Å²) in [5.74, 6) is 0.849. The predicted octanol–water partition coefficient (Wildman–Crippen LogP) is 1.49. The Balaban J connectivity index is 1.47. The van der Waals surface area contributed by atoms with Gasteiger partial charge in [-0.2, -0.15) is 0 Å². The molecule has 0 aromatic rings. The number of hydrogen-bond acceptors (Lipinski definition) is 4. The van der Waals surface area contributed by atoms with E-state index in [0.29, 0.717) is 38.6 Å². The summed E-state index contributed by atoms with van der Waals surface area (Å²) in [7, 11) is 0. The number of ether oxygens (including phenoxy) is 1. The maximum atomic E-state index is 10.6. The monoisotopic (exact) mass is 352 g/mol. The molecule has 0 bridgehead atoms. The van der Waals surface area contributed by atoms with Crippen LogP contribution in [0.4, 0.5) is 0 Å². The van der Waals surface area contributed by atoms with Crippen LogP contribution in [-0.2, 0) is 4.74 Å². The highest BCUT2D eigenvalue weighted by molar-refractivity contribution is 5.80. The average Bonchev–Trinajstić information content (AvgIpc) is 3.16. The third-order valence-electron chi connectivity index (χ3n) is 6.01. The van der Waals surface area contributed by atoms with Gasteiger partial charge in [-0.05, 0) is 32.6 Å². The van der Waals surface area contributed by atoms with Crippen LogP contribution in [0.15, 0.2) is 4.99 Å². The van der Waals surface area contributed by atoms with Crippen molar-refractivity contribution in [2.45, 2.75) is 76.0 Å². The molecule has 3 rings (SSSR count). The van der Waals surface area contributed by atoms with Crippen LogP contribution in [0.25, 0.3) is 0 Å². The summed E-state index contributed by atoms with van der Waals surface area (Å²) >= 11 is 0. The van der Waals surface area contributed by atoms with Crippen molar-refractivity contribution in [3.63, 3.8) is 0 Å². The van der Waals surface area contributed by atoms with E-state index in [0.717, 1.165) is 18.5 Å². The maximum Gasteiger partial charge on any atom is 0.191 e. The minimum atomic E-state index is -0.702. The highest BCUT2D eigenvalue weighted by atomic mass is 16.5. The first kappa shape index (κ1) is 18.9. The summed E-state index contributed by atoms with van der Waals surface area (Å²) in [4.78, 5) is 7.37. The van der Waals surface area contributed by atoms with Crippen LogP contribution in [0.1, 0.15) is 58.3 Å². The minimum absolute atomic E-state index is 0.451. The van der Waals surface area contributed by atoms with Crippen LogP contribution >= 0.6 is 0 Å². The van der Waals surface area contributed by atoms with Crippen molar-refractivity contribution < 1.29 is 9.84 Å². The highest BCUT2D eigenvalue weighted by Crippen LogP contribution is 2.26. The van der Waals surface area contributed by atoms with E-state index in [1.54, 1.807) is 0 Å². The molecule has 0 radical (unpaired) electrons. The van der Waals surface area contributed by atoms with E-state index in [2.05, 4.69) is 27.4 Å². The van der Waals surface area contributed by atoms with E-state index in [1.807, 2.05) is 0 Å². The van der Waals surface area contributed by atoms with Gasteiger partial charge in [-0.3, -0.25) is 4.99 Å². The smallest absolute Gasteiger partial charge is 0.191 e. The Hall–Kier alpha value is -0.850. The molecule has 2 saturated heterocycles. The number of aliphatic imine (C=N–C) groups is 1. The van der Waals surface area contributed by atoms with Crippen LogP contribution in [0.2, 0.25) is 0 Å². The van der Waals surface area contributed by atoms with Gasteiger partial charge in [0.05, 0.1) is 12.1 Å². The number of nitrogens with zero attached hydrogens (tertiary/aromatic N) is 2. The van der Waals surface area contributed by atoms with E-state index in [4.69, 9.17) is 4.74 Å². The quantitative estimate of drug-likeness (QED) is 0.517. The van der Waals surface area contributed by atoms with Crippen LogP contribution in [0.5, 0.6) is 0 Å². The fraction of sp³-hybridized carbons (Fsp3) is 0.947. The number of guanidine groups is 1. The van der Waals surface area contributed by atoms with E-state index in [-0.39, 0.29) is 0 Å². The van der Waals surface area contributed by atoms with E-state index in [9.17, 15) is 5.11 Å². The van der Waals surface area contributed by atoms with Gasteiger partial charge in [0.25, 0.3) is 0 Å². The second-order valence-electron chi connectivity index (χ2n) is 7.92. The molecule has 2 aliphatic heterocycles. The lowest BCUT2D eigenvalue weighted by Crippen LogP contribution is -2.50. The first-order valence-corrected chi connectivity index (χ1v) is 10.3. The molecule has 0 amide bonds. The largest absolute Gasteiger partial charge is 0.388 e. The van der Waals surface area contributed by atoms with Gasteiger partial charge in [0, 0.05) is 57.8 Å².